The molecule has 0 bridgehead atoms. The maximum absolute atomic E-state index is 12.4. The summed E-state index contributed by atoms with van der Waals surface area (Å²) in [6, 6.07) is 7.35. The van der Waals surface area contributed by atoms with Crippen LogP contribution in [0.3, 0.4) is 0 Å². The van der Waals surface area contributed by atoms with Crippen molar-refractivity contribution in [3.8, 4) is 0 Å². The van der Waals surface area contributed by atoms with Crippen LogP contribution in [-0.2, 0) is 17.8 Å². The van der Waals surface area contributed by atoms with E-state index >= 15 is 0 Å². The molecule has 2 aromatic rings. The van der Waals surface area contributed by atoms with E-state index in [1.165, 1.54) is 0 Å². The third-order valence-electron chi connectivity index (χ3n) is 3.73. The smallest absolute Gasteiger partial charge is 0.276 e. The number of aromatic nitrogens is 2. The summed E-state index contributed by atoms with van der Waals surface area (Å²) in [6.45, 7) is 4.27. The highest BCUT2D eigenvalue weighted by Gasteiger charge is 2.19. The summed E-state index contributed by atoms with van der Waals surface area (Å²) in [7, 11) is 1.73. The molecule has 122 valence electrons. The zero-order chi connectivity index (χ0) is 16.1. The van der Waals surface area contributed by atoms with Gasteiger partial charge in [-0.1, -0.05) is 11.2 Å². The number of nitrogens with zero attached hydrogens (tertiary/aromatic N) is 4. The molecule has 1 fully saturated rings. The Morgan fingerprint density at radius 3 is 2.91 bits per heavy atom. The van der Waals surface area contributed by atoms with E-state index in [-0.39, 0.29) is 5.91 Å². The molecular formula is C16H20N4O3. The van der Waals surface area contributed by atoms with Crippen molar-refractivity contribution < 1.29 is 14.1 Å². The minimum absolute atomic E-state index is 0.173. The van der Waals surface area contributed by atoms with Gasteiger partial charge in [0.15, 0.2) is 11.5 Å². The monoisotopic (exact) mass is 316 g/mol. The number of pyridine rings is 1. The Morgan fingerprint density at radius 1 is 1.35 bits per heavy atom. The second kappa shape index (κ2) is 7.34. The molecule has 0 spiro atoms. The molecule has 0 aromatic carbocycles. The van der Waals surface area contributed by atoms with Gasteiger partial charge in [0.05, 0.1) is 32.0 Å². The van der Waals surface area contributed by atoms with E-state index in [2.05, 4.69) is 15.0 Å². The van der Waals surface area contributed by atoms with E-state index < -0.39 is 0 Å². The topological polar surface area (TPSA) is 71.7 Å². The van der Waals surface area contributed by atoms with Crippen LogP contribution in [0.4, 0.5) is 0 Å². The van der Waals surface area contributed by atoms with Crippen molar-refractivity contribution in [1.29, 1.82) is 0 Å². The second-order valence-corrected chi connectivity index (χ2v) is 5.55. The lowest BCUT2D eigenvalue weighted by Gasteiger charge is -2.25. The summed E-state index contributed by atoms with van der Waals surface area (Å²) in [4.78, 5) is 20.4. The summed E-state index contributed by atoms with van der Waals surface area (Å²) in [6.07, 6.45) is 1.71. The lowest BCUT2D eigenvalue weighted by Crippen LogP contribution is -2.35. The Hall–Kier alpha value is -2.25. The fourth-order valence-electron chi connectivity index (χ4n) is 2.47. The third-order valence-corrected chi connectivity index (χ3v) is 3.73. The van der Waals surface area contributed by atoms with Gasteiger partial charge in [0.1, 0.15) is 0 Å². The number of carbonyl (C=O) groups excluding carboxylic acids is 1. The number of carbonyl (C=O) groups is 1. The van der Waals surface area contributed by atoms with E-state index in [9.17, 15) is 4.79 Å². The van der Waals surface area contributed by atoms with E-state index in [4.69, 9.17) is 9.26 Å². The van der Waals surface area contributed by atoms with Gasteiger partial charge < -0.3 is 14.2 Å². The second-order valence-electron chi connectivity index (χ2n) is 5.55. The average molecular weight is 316 g/mol. The Balaban J connectivity index is 1.59. The maximum atomic E-state index is 12.4. The van der Waals surface area contributed by atoms with Crippen molar-refractivity contribution in [1.82, 2.24) is 19.9 Å². The standard InChI is InChI=1S/C16H20N4O3/c1-19(11-13-4-2-3-5-17-13)16(21)15-10-14(23-18-15)12-20-6-8-22-9-7-20/h2-5,10H,6-9,11-12H2,1H3. The molecule has 7 nitrogen and oxygen atoms in total. The number of morpholine rings is 1. The first-order chi connectivity index (χ1) is 11.2. The first kappa shape index (κ1) is 15.6. The van der Waals surface area contributed by atoms with Gasteiger partial charge >= 0.3 is 0 Å². The van der Waals surface area contributed by atoms with E-state index in [0.29, 0.717) is 24.5 Å². The molecule has 1 aliphatic heterocycles. The van der Waals surface area contributed by atoms with E-state index in [1.54, 1.807) is 24.2 Å². The summed E-state index contributed by atoms with van der Waals surface area (Å²) in [5, 5.41) is 3.90. The van der Waals surface area contributed by atoms with Crippen LogP contribution in [0.2, 0.25) is 0 Å². The Bertz CT molecular complexity index is 638. The van der Waals surface area contributed by atoms with Crippen molar-refractivity contribution >= 4 is 5.91 Å². The molecule has 0 atom stereocenters. The Kier molecular flexibility index (Phi) is 4.99. The van der Waals surface area contributed by atoms with Crippen LogP contribution in [0, 0.1) is 0 Å². The van der Waals surface area contributed by atoms with Gasteiger partial charge in [-0.2, -0.15) is 0 Å². The van der Waals surface area contributed by atoms with Gasteiger partial charge in [0.25, 0.3) is 5.91 Å². The SMILES string of the molecule is CN(Cc1ccccn1)C(=O)c1cc(CN2CCOCC2)on1. The molecule has 7 heteroatoms. The molecule has 0 aliphatic carbocycles. The molecule has 23 heavy (non-hydrogen) atoms. The summed E-state index contributed by atoms with van der Waals surface area (Å²) < 4.78 is 10.6. The van der Waals surface area contributed by atoms with Crippen molar-refractivity contribution in [3.05, 3.63) is 47.6 Å². The Morgan fingerprint density at radius 2 is 2.17 bits per heavy atom. The lowest BCUT2D eigenvalue weighted by atomic mass is 10.3. The predicted molar refractivity (Wildman–Crippen MR) is 82.6 cm³/mol. The molecule has 0 radical (unpaired) electrons. The van der Waals surface area contributed by atoms with Crippen LogP contribution < -0.4 is 0 Å². The van der Waals surface area contributed by atoms with Crippen LogP contribution in [0.15, 0.2) is 35.0 Å². The van der Waals surface area contributed by atoms with Gasteiger partial charge in [-0.3, -0.25) is 14.7 Å². The van der Waals surface area contributed by atoms with Gasteiger partial charge in [0.2, 0.25) is 0 Å². The molecule has 1 saturated heterocycles. The third kappa shape index (κ3) is 4.14. The zero-order valence-corrected chi connectivity index (χ0v) is 13.1. The number of amides is 1. The highest BCUT2D eigenvalue weighted by Crippen LogP contribution is 2.11. The highest BCUT2D eigenvalue weighted by atomic mass is 16.5. The lowest BCUT2D eigenvalue weighted by molar-refractivity contribution is 0.0305. The maximum Gasteiger partial charge on any atom is 0.276 e. The first-order valence-corrected chi connectivity index (χ1v) is 7.63. The van der Waals surface area contributed by atoms with Crippen LogP contribution in [0.25, 0.3) is 0 Å². The van der Waals surface area contributed by atoms with Gasteiger partial charge in [-0.05, 0) is 12.1 Å². The number of hydrogen-bond donors (Lipinski definition) is 0. The minimum Gasteiger partial charge on any atom is -0.379 e. The van der Waals surface area contributed by atoms with Crippen molar-refractivity contribution in [2.75, 3.05) is 33.4 Å². The molecule has 3 rings (SSSR count). The van der Waals surface area contributed by atoms with Gasteiger partial charge in [0, 0.05) is 32.4 Å². The van der Waals surface area contributed by atoms with Crippen LogP contribution in [-0.4, -0.2) is 59.2 Å². The van der Waals surface area contributed by atoms with Crippen molar-refractivity contribution in [2.24, 2.45) is 0 Å². The number of rotatable bonds is 5. The number of hydrogen-bond acceptors (Lipinski definition) is 6. The molecule has 0 unspecified atom stereocenters. The fourth-order valence-corrected chi connectivity index (χ4v) is 2.47. The van der Waals surface area contributed by atoms with Crippen LogP contribution in [0.5, 0.6) is 0 Å². The zero-order valence-electron chi connectivity index (χ0n) is 13.1. The molecule has 1 amide bonds. The quantitative estimate of drug-likeness (QED) is 0.825. The summed E-state index contributed by atoms with van der Waals surface area (Å²) in [5.74, 6) is 0.522. The predicted octanol–water partition coefficient (Wildman–Crippen LogP) is 1.17. The average Bonchev–Trinajstić information content (AvgIpc) is 3.04. The largest absolute Gasteiger partial charge is 0.379 e. The molecule has 1 aliphatic rings. The van der Waals surface area contributed by atoms with Crippen molar-refractivity contribution in [3.63, 3.8) is 0 Å². The molecule has 0 saturated carbocycles. The molecule has 2 aromatic heterocycles. The minimum atomic E-state index is -0.173. The van der Waals surface area contributed by atoms with E-state index in [0.717, 1.165) is 32.0 Å². The fraction of sp³-hybridized carbons (Fsp3) is 0.438. The molecule has 3 heterocycles. The normalized spacial score (nSPS) is 15.5. The van der Waals surface area contributed by atoms with Gasteiger partial charge in [-0.15, -0.1) is 0 Å². The Labute approximate surface area is 134 Å². The number of ether oxygens (including phenoxy) is 1. The van der Waals surface area contributed by atoms with Gasteiger partial charge in [-0.25, -0.2) is 0 Å². The van der Waals surface area contributed by atoms with E-state index in [1.807, 2.05) is 18.2 Å². The summed E-state index contributed by atoms with van der Waals surface area (Å²) >= 11 is 0. The first-order valence-electron chi connectivity index (χ1n) is 7.63. The van der Waals surface area contributed by atoms with Crippen LogP contribution in [0.1, 0.15) is 21.9 Å². The summed E-state index contributed by atoms with van der Waals surface area (Å²) in [5.41, 5.74) is 1.16. The molecule has 0 N–H and O–H groups in total. The van der Waals surface area contributed by atoms with Crippen molar-refractivity contribution in [2.45, 2.75) is 13.1 Å². The molecular weight excluding hydrogens is 296 g/mol. The van der Waals surface area contributed by atoms with Crippen LogP contribution >= 0.6 is 0 Å². The highest BCUT2D eigenvalue weighted by molar-refractivity contribution is 5.92.